The Kier molecular flexibility index (Phi) is 5.38. The molecule has 190 valence electrons. The van der Waals surface area contributed by atoms with Crippen LogP contribution in [-0.2, 0) is 6.54 Å². The van der Waals surface area contributed by atoms with Gasteiger partial charge in [0.15, 0.2) is 5.52 Å². The largest absolute Gasteiger partial charge is 0.474 e. The molecule has 7 rings (SSSR count). The quantitative estimate of drug-likeness (QED) is 0.302. The lowest BCUT2D eigenvalue weighted by Crippen LogP contribution is -2.15. The molecule has 0 aliphatic heterocycles. The van der Waals surface area contributed by atoms with Gasteiger partial charge >= 0.3 is 0 Å². The Morgan fingerprint density at radius 2 is 1.87 bits per heavy atom. The van der Waals surface area contributed by atoms with E-state index in [1.54, 1.807) is 17.2 Å². The Balaban J connectivity index is 1.14. The second-order valence-corrected chi connectivity index (χ2v) is 10.0. The van der Waals surface area contributed by atoms with Crippen LogP contribution in [-0.4, -0.2) is 46.4 Å². The number of nitrogens with one attached hydrogen (secondary N) is 1. The molecule has 2 fully saturated rings. The lowest BCUT2D eigenvalue weighted by molar-refractivity contribution is 0.194. The Morgan fingerprint density at radius 3 is 2.58 bits per heavy atom. The number of rotatable bonds is 9. The number of anilines is 1. The van der Waals surface area contributed by atoms with Crippen LogP contribution in [0.4, 0.5) is 5.95 Å². The van der Waals surface area contributed by atoms with Gasteiger partial charge in [-0.1, -0.05) is 12.1 Å². The molecule has 10 heteroatoms. The summed E-state index contributed by atoms with van der Waals surface area (Å²) in [5.41, 5.74) is 4.86. The van der Waals surface area contributed by atoms with Crippen LogP contribution in [0.5, 0.6) is 11.8 Å². The van der Waals surface area contributed by atoms with Gasteiger partial charge in [0.2, 0.25) is 17.7 Å². The van der Waals surface area contributed by atoms with Crippen LogP contribution in [0.1, 0.15) is 38.2 Å². The van der Waals surface area contributed by atoms with Crippen LogP contribution < -0.4 is 14.8 Å². The third kappa shape index (κ3) is 4.84. The maximum absolute atomic E-state index is 6.33. The van der Waals surface area contributed by atoms with Crippen molar-refractivity contribution in [3.05, 3.63) is 72.9 Å². The maximum atomic E-state index is 6.33. The van der Waals surface area contributed by atoms with Gasteiger partial charge in [-0.15, -0.1) is 0 Å². The molecule has 2 aliphatic rings. The molecular formula is C28H26N8O2. The van der Waals surface area contributed by atoms with E-state index < -0.39 is 0 Å². The molecule has 10 nitrogen and oxygen atoms in total. The van der Waals surface area contributed by atoms with E-state index in [0.717, 1.165) is 48.2 Å². The van der Waals surface area contributed by atoms with Gasteiger partial charge in [0.05, 0.1) is 16.9 Å². The van der Waals surface area contributed by atoms with Crippen molar-refractivity contribution in [2.24, 2.45) is 0 Å². The van der Waals surface area contributed by atoms with Crippen molar-refractivity contribution in [2.75, 3.05) is 5.32 Å². The van der Waals surface area contributed by atoms with Crippen molar-refractivity contribution in [3.63, 3.8) is 0 Å². The number of pyridine rings is 2. The predicted octanol–water partition coefficient (Wildman–Crippen LogP) is 4.75. The summed E-state index contributed by atoms with van der Waals surface area (Å²) in [4.78, 5) is 22.8. The molecule has 0 saturated heterocycles. The molecule has 2 aliphatic carbocycles. The molecular weight excluding hydrogens is 480 g/mol. The highest BCUT2D eigenvalue weighted by Crippen LogP contribution is 2.41. The van der Waals surface area contributed by atoms with Crippen molar-refractivity contribution >= 4 is 17.0 Å². The maximum Gasteiger partial charge on any atom is 0.246 e. The predicted molar refractivity (Wildman–Crippen MR) is 141 cm³/mol. The molecule has 0 bridgehead atoms. The van der Waals surface area contributed by atoms with Crippen molar-refractivity contribution in [3.8, 4) is 28.7 Å². The smallest absolute Gasteiger partial charge is 0.246 e. The number of ether oxygens (including phenoxy) is 2. The minimum atomic E-state index is -0.212. The summed E-state index contributed by atoms with van der Waals surface area (Å²) in [6, 6.07) is 15.8. The van der Waals surface area contributed by atoms with Gasteiger partial charge in [0, 0.05) is 24.4 Å². The number of nitrogens with zero attached hydrogens (tertiary/aromatic N) is 7. The van der Waals surface area contributed by atoms with E-state index in [2.05, 4.69) is 27.3 Å². The molecule has 1 N–H and O–H groups in total. The van der Waals surface area contributed by atoms with Crippen LogP contribution in [0.25, 0.3) is 28.0 Å². The topological polar surface area (TPSA) is 113 Å². The van der Waals surface area contributed by atoms with Gasteiger partial charge in [0.25, 0.3) is 0 Å². The number of aromatic nitrogens is 7. The molecule has 4 aromatic heterocycles. The van der Waals surface area contributed by atoms with E-state index in [0.29, 0.717) is 41.4 Å². The zero-order valence-electron chi connectivity index (χ0n) is 20.9. The number of fused-ring (bicyclic) bond motifs is 1. The number of hydrogen-bond acceptors (Lipinski definition) is 9. The van der Waals surface area contributed by atoms with E-state index in [4.69, 9.17) is 24.4 Å². The summed E-state index contributed by atoms with van der Waals surface area (Å²) in [6.07, 6.45) is 9.48. The first kappa shape index (κ1) is 22.6. The molecule has 38 heavy (non-hydrogen) atoms. The van der Waals surface area contributed by atoms with Gasteiger partial charge < -0.3 is 14.8 Å². The van der Waals surface area contributed by atoms with E-state index in [1.807, 2.05) is 48.5 Å². The van der Waals surface area contributed by atoms with Gasteiger partial charge in [-0.3, -0.25) is 0 Å². The summed E-state index contributed by atoms with van der Waals surface area (Å²) in [5, 5.41) is 7.50. The minimum absolute atomic E-state index is 0.212. The van der Waals surface area contributed by atoms with E-state index in [9.17, 15) is 0 Å². The average Bonchev–Trinajstić information content (AvgIpc) is 3.84. The molecule has 4 heterocycles. The monoisotopic (exact) mass is 506 g/mol. The Morgan fingerprint density at radius 1 is 1.00 bits per heavy atom. The van der Waals surface area contributed by atoms with Crippen molar-refractivity contribution in [1.82, 2.24) is 34.7 Å². The van der Waals surface area contributed by atoms with E-state index >= 15 is 0 Å². The molecule has 2 saturated carbocycles. The second kappa shape index (κ2) is 9.05. The van der Waals surface area contributed by atoms with Crippen molar-refractivity contribution in [2.45, 2.75) is 50.9 Å². The van der Waals surface area contributed by atoms with Crippen LogP contribution in [0.15, 0.2) is 67.4 Å². The SMILES string of the molecule is CC1(Oc2nc(NCc3ccc(-n4cncn4)cc3)nc3ccc(-c4ccc(OC5CC5)nc4)nc23)CC1. The first-order valence-corrected chi connectivity index (χ1v) is 12.8. The van der Waals surface area contributed by atoms with Gasteiger partial charge in [-0.2, -0.15) is 10.1 Å². The number of benzene rings is 1. The molecule has 0 spiro atoms. The normalized spacial score (nSPS) is 15.8. The summed E-state index contributed by atoms with van der Waals surface area (Å²) in [6.45, 7) is 2.66. The Hall–Kier alpha value is -4.60. The second-order valence-electron chi connectivity index (χ2n) is 10.0. The zero-order valence-corrected chi connectivity index (χ0v) is 20.9. The summed E-state index contributed by atoms with van der Waals surface area (Å²) in [5.74, 6) is 1.63. The average molecular weight is 507 g/mol. The zero-order chi connectivity index (χ0) is 25.5. The van der Waals surface area contributed by atoms with E-state index in [1.165, 1.54) is 6.33 Å². The fraction of sp³-hybridized carbons (Fsp3) is 0.286. The van der Waals surface area contributed by atoms with Crippen LogP contribution in [0.3, 0.4) is 0 Å². The highest BCUT2D eigenvalue weighted by atomic mass is 16.5. The fourth-order valence-electron chi connectivity index (χ4n) is 4.06. The molecule has 0 amide bonds. The van der Waals surface area contributed by atoms with Crippen LogP contribution in [0.2, 0.25) is 0 Å². The minimum Gasteiger partial charge on any atom is -0.474 e. The summed E-state index contributed by atoms with van der Waals surface area (Å²) < 4.78 is 13.8. The standard InChI is InChI=1S/C28H26N8O2/c1-28(12-13-28)38-26-25-23(10-9-22(33-25)19-4-11-24(30-15-19)37-21-7-8-21)34-27(35-26)31-14-18-2-5-20(6-3-18)36-17-29-16-32-36/h2-6,9-11,15-17,21H,7-8,12-14H2,1H3,(H,31,34,35). The van der Waals surface area contributed by atoms with Crippen LogP contribution in [0, 0.1) is 0 Å². The summed E-state index contributed by atoms with van der Waals surface area (Å²) >= 11 is 0. The lowest BCUT2D eigenvalue weighted by atomic mass is 10.2. The third-order valence-corrected chi connectivity index (χ3v) is 6.72. The third-order valence-electron chi connectivity index (χ3n) is 6.72. The van der Waals surface area contributed by atoms with E-state index in [-0.39, 0.29) is 5.60 Å². The molecule has 0 radical (unpaired) electrons. The van der Waals surface area contributed by atoms with Gasteiger partial charge in [-0.25, -0.2) is 24.6 Å². The molecule has 1 aromatic carbocycles. The highest BCUT2D eigenvalue weighted by molar-refractivity contribution is 5.83. The molecule has 5 aromatic rings. The van der Waals surface area contributed by atoms with Crippen molar-refractivity contribution in [1.29, 1.82) is 0 Å². The Labute approximate surface area is 219 Å². The first-order chi connectivity index (χ1) is 18.6. The fourth-order valence-corrected chi connectivity index (χ4v) is 4.06. The van der Waals surface area contributed by atoms with Crippen molar-refractivity contribution < 1.29 is 9.47 Å². The first-order valence-electron chi connectivity index (χ1n) is 12.8. The van der Waals surface area contributed by atoms with Crippen LogP contribution >= 0.6 is 0 Å². The number of hydrogen-bond donors (Lipinski definition) is 1. The molecule has 0 unspecified atom stereocenters. The highest BCUT2D eigenvalue weighted by Gasteiger charge is 2.41. The van der Waals surface area contributed by atoms with Gasteiger partial charge in [0.1, 0.15) is 24.4 Å². The summed E-state index contributed by atoms with van der Waals surface area (Å²) in [7, 11) is 0. The molecule has 0 atom stereocenters. The Bertz CT molecular complexity index is 1580. The lowest BCUT2D eigenvalue weighted by Gasteiger charge is -2.15. The van der Waals surface area contributed by atoms with Gasteiger partial charge in [-0.05, 0) is 68.5 Å².